The SMILES string of the molecule is CCNC(=NCc1cccc(CN(C)C)c1)NCC(C)C.I. The molecule has 22 heavy (non-hydrogen) atoms. The Morgan fingerprint density at radius 2 is 1.86 bits per heavy atom. The van der Waals surface area contributed by atoms with E-state index in [0.29, 0.717) is 12.5 Å². The van der Waals surface area contributed by atoms with Crippen LogP contribution in [-0.4, -0.2) is 38.0 Å². The first-order chi connectivity index (χ1) is 10.0. The molecular formula is C17H31IN4. The van der Waals surface area contributed by atoms with Crippen molar-refractivity contribution in [1.29, 1.82) is 0 Å². The average Bonchev–Trinajstić information content (AvgIpc) is 2.41. The van der Waals surface area contributed by atoms with E-state index >= 15 is 0 Å². The molecule has 0 bridgehead atoms. The van der Waals surface area contributed by atoms with Crippen LogP contribution in [0.1, 0.15) is 31.9 Å². The predicted molar refractivity (Wildman–Crippen MR) is 107 cm³/mol. The van der Waals surface area contributed by atoms with Gasteiger partial charge in [0.25, 0.3) is 0 Å². The molecule has 0 unspecified atom stereocenters. The first-order valence-corrected chi connectivity index (χ1v) is 7.76. The molecule has 2 N–H and O–H groups in total. The summed E-state index contributed by atoms with van der Waals surface area (Å²) in [5.41, 5.74) is 2.57. The maximum atomic E-state index is 4.66. The van der Waals surface area contributed by atoms with Gasteiger partial charge in [-0.1, -0.05) is 38.1 Å². The lowest BCUT2D eigenvalue weighted by atomic mass is 10.1. The summed E-state index contributed by atoms with van der Waals surface area (Å²) in [6.45, 7) is 9.96. The van der Waals surface area contributed by atoms with Crippen molar-refractivity contribution in [2.45, 2.75) is 33.9 Å². The van der Waals surface area contributed by atoms with Gasteiger partial charge in [0.05, 0.1) is 6.54 Å². The smallest absolute Gasteiger partial charge is 0.191 e. The van der Waals surface area contributed by atoms with Gasteiger partial charge in [0.1, 0.15) is 0 Å². The second kappa shape index (κ2) is 11.7. The van der Waals surface area contributed by atoms with Gasteiger partial charge in [-0.2, -0.15) is 0 Å². The van der Waals surface area contributed by atoms with Gasteiger partial charge >= 0.3 is 0 Å². The lowest BCUT2D eigenvalue weighted by molar-refractivity contribution is 0.402. The highest BCUT2D eigenvalue weighted by Gasteiger charge is 2.01. The minimum atomic E-state index is 0. The third kappa shape index (κ3) is 9.25. The Bertz CT molecular complexity index is 444. The van der Waals surface area contributed by atoms with Crippen LogP contribution >= 0.6 is 24.0 Å². The molecule has 0 heterocycles. The van der Waals surface area contributed by atoms with E-state index < -0.39 is 0 Å². The average molecular weight is 418 g/mol. The second-order valence-corrected chi connectivity index (χ2v) is 6.03. The fraction of sp³-hybridized carbons (Fsp3) is 0.588. The fourth-order valence-electron chi connectivity index (χ4n) is 2.00. The topological polar surface area (TPSA) is 39.7 Å². The summed E-state index contributed by atoms with van der Waals surface area (Å²) >= 11 is 0. The highest BCUT2D eigenvalue weighted by molar-refractivity contribution is 14.0. The van der Waals surface area contributed by atoms with Gasteiger partial charge in [-0.25, -0.2) is 4.99 Å². The summed E-state index contributed by atoms with van der Waals surface area (Å²) in [7, 11) is 4.17. The maximum absolute atomic E-state index is 4.66. The number of rotatable bonds is 7. The van der Waals surface area contributed by atoms with Crippen molar-refractivity contribution in [3.8, 4) is 0 Å². The van der Waals surface area contributed by atoms with Crippen LogP contribution in [0.2, 0.25) is 0 Å². The minimum absolute atomic E-state index is 0. The Hall–Kier alpha value is -0.820. The Labute approximate surface area is 152 Å². The fourth-order valence-corrected chi connectivity index (χ4v) is 2.00. The first kappa shape index (κ1) is 21.2. The van der Waals surface area contributed by atoms with Gasteiger partial charge in [0.2, 0.25) is 0 Å². The largest absolute Gasteiger partial charge is 0.357 e. The molecule has 0 atom stereocenters. The highest BCUT2D eigenvalue weighted by atomic mass is 127. The summed E-state index contributed by atoms with van der Waals surface area (Å²) in [5, 5.41) is 6.65. The van der Waals surface area contributed by atoms with E-state index in [1.165, 1.54) is 11.1 Å². The molecule has 126 valence electrons. The van der Waals surface area contributed by atoms with Gasteiger partial charge in [-0.3, -0.25) is 0 Å². The zero-order chi connectivity index (χ0) is 15.7. The quantitative estimate of drug-likeness (QED) is 0.406. The van der Waals surface area contributed by atoms with Crippen molar-refractivity contribution < 1.29 is 0 Å². The molecule has 0 fully saturated rings. The van der Waals surface area contributed by atoms with Gasteiger partial charge in [-0.15, -0.1) is 24.0 Å². The van der Waals surface area contributed by atoms with Gasteiger partial charge < -0.3 is 15.5 Å². The van der Waals surface area contributed by atoms with E-state index in [1.807, 2.05) is 0 Å². The van der Waals surface area contributed by atoms with E-state index in [2.05, 4.69) is 79.7 Å². The van der Waals surface area contributed by atoms with Crippen molar-refractivity contribution in [3.63, 3.8) is 0 Å². The van der Waals surface area contributed by atoms with Crippen molar-refractivity contribution >= 4 is 29.9 Å². The normalized spacial score (nSPS) is 11.5. The monoisotopic (exact) mass is 418 g/mol. The zero-order valence-electron chi connectivity index (χ0n) is 14.5. The summed E-state index contributed by atoms with van der Waals surface area (Å²) in [6, 6.07) is 8.64. The molecule has 0 amide bonds. The summed E-state index contributed by atoms with van der Waals surface area (Å²) in [6.07, 6.45) is 0. The number of benzene rings is 1. The van der Waals surface area contributed by atoms with Crippen molar-refractivity contribution in [2.75, 3.05) is 27.2 Å². The van der Waals surface area contributed by atoms with E-state index in [-0.39, 0.29) is 24.0 Å². The zero-order valence-corrected chi connectivity index (χ0v) is 16.8. The lowest BCUT2D eigenvalue weighted by Crippen LogP contribution is -2.39. The molecule has 1 aromatic rings. The Morgan fingerprint density at radius 3 is 2.45 bits per heavy atom. The number of hydrogen-bond acceptors (Lipinski definition) is 2. The van der Waals surface area contributed by atoms with Crippen LogP contribution in [0.15, 0.2) is 29.3 Å². The molecule has 0 aliphatic carbocycles. The van der Waals surface area contributed by atoms with Crippen LogP contribution in [0, 0.1) is 5.92 Å². The van der Waals surface area contributed by atoms with E-state index in [1.54, 1.807) is 0 Å². The van der Waals surface area contributed by atoms with E-state index in [4.69, 9.17) is 0 Å². The van der Waals surface area contributed by atoms with Crippen molar-refractivity contribution in [3.05, 3.63) is 35.4 Å². The van der Waals surface area contributed by atoms with Crippen LogP contribution < -0.4 is 10.6 Å². The molecule has 1 rings (SSSR count). The number of nitrogens with zero attached hydrogens (tertiary/aromatic N) is 2. The molecule has 0 saturated carbocycles. The molecule has 0 spiro atoms. The second-order valence-electron chi connectivity index (χ2n) is 6.03. The minimum Gasteiger partial charge on any atom is -0.357 e. The first-order valence-electron chi connectivity index (χ1n) is 7.76. The number of hydrogen-bond donors (Lipinski definition) is 2. The maximum Gasteiger partial charge on any atom is 0.191 e. The molecule has 0 radical (unpaired) electrons. The van der Waals surface area contributed by atoms with Crippen LogP contribution in [0.3, 0.4) is 0 Å². The molecule has 0 saturated heterocycles. The molecule has 5 heteroatoms. The summed E-state index contributed by atoms with van der Waals surface area (Å²) in [4.78, 5) is 6.83. The third-order valence-electron chi connectivity index (χ3n) is 2.93. The van der Waals surface area contributed by atoms with Crippen LogP contribution in [-0.2, 0) is 13.1 Å². The number of halogens is 1. The summed E-state index contributed by atoms with van der Waals surface area (Å²) < 4.78 is 0. The Kier molecular flexibility index (Phi) is 11.3. The molecule has 4 nitrogen and oxygen atoms in total. The Balaban J connectivity index is 0.00000441. The lowest BCUT2D eigenvalue weighted by Gasteiger charge is -2.13. The van der Waals surface area contributed by atoms with E-state index in [9.17, 15) is 0 Å². The Morgan fingerprint density at radius 1 is 1.18 bits per heavy atom. The van der Waals surface area contributed by atoms with Gasteiger partial charge in [-0.05, 0) is 38.1 Å². The van der Waals surface area contributed by atoms with Gasteiger partial charge in [0.15, 0.2) is 5.96 Å². The third-order valence-corrected chi connectivity index (χ3v) is 2.93. The molecule has 1 aromatic carbocycles. The molecule has 0 aliphatic heterocycles. The number of aliphatic imine (C=N–C) groups is 1. The van der Waals surface area contributed by atoms with Crippen LogP contribution in [0.5, 0.6) is 0 Å². The van der Waals surface area contributed by atoms with Gasteiger partial charge in [0, 0.05) is 19.6 Å². The standard InChI is InChI=1S/C17H30N4.HI/c1-6-18-17(19-11-14(2)3)20-12-15-8-7-9-16(10-15)13-21(4)5;/h7-10,14H,6,11-13H2,1-5H3,(H2,18,19,20);1H. The van der Waals surface area contributed by atoms with Crippen LogP contribution in [0.4, 0.5) is 0 Å². The van der Waals surface area contributed by atoms with Crippen molar-refractivity contribution in [2.24, 2.45) is 10.9 Å². The molecule has 0 aliphatic rings. The number of nitrogens with one attached hydrogen (secondary N) is 2. The predicted octanol–water partition coefficient (Wildman–Crippen LogP) is 3.08. The molecule has 0 aromatic heterocycles. The summed E-state index contributed by atoms with van der Waals surface area (Å²) in [5.74, 6) is 1.50. The van der Waals surface area contributed by atoms with Crippen molar-refractivity contribution in [1.82, 2.24) is 15.5 Å². The highest BCUT2D eigenvalue weighted by Crippen LogP contribution is 2.08. The van der Waals surface area contributed by atoms with E-state index in [0.717, 1.165) is 25.6 Å². The number of guanidine groups is 1. The van der Waals surface area contributed by atoms with Crippen LogP contribution in [0.25, 0.3) is 0 Å². The molecular weight excluding hydrogens is 387 g/mol.